The lowest BCUT2D eigenvalue weighted by atomic mass is 9.54. The van der Waals surface area contributed by atoms with Crippen molar-refractivity contribution in [3.05, 3.63) is 5.57 Å². The Bertz CT molecular complexity index is 365. The highest BCUT2D eigenvalue weighted by molar-refractivity contribution is 7.78. The Hall–Kier alpha value is -0.130. The van der Waals surface area contributed by atoms with Gasteiger partial charge >= 0.3 is 0 Å². The van der Waals surface area contributed by atoms with E-state index >= 15 is 0 Å². The molecule has 0 radical (unpaired) electrons. The minimum atomic E-state index is 0.272. The van der Waals surface area contributed by atoms with Crippen LogP contribution in [0.5, 0.6) is 0 Å². The summed E-state index contributed by atoms with van der Waals surface area (Å²) >= 11 is 5.31. The van der Waals surface area contributed by atoms with Crippen LogP contribution in [0.3, 0.4) is 0 Å². The smallest absolute Gasteiger partial charge is 0.00640 e. The van der Waals surface area contributed by atoms with Gasteiger partial charge in [0.1, 0.15) is 0 Å². The van der Waals surface area contributed by atoms with E-state index in [1.807, 2.05) is 0 Å². The van der Waals surface area contributed by atoms with Crippen molar-refractivity contribution in [3.8, 4) is 0 Å². The zero-order valence-corrected chi connectivity index (χ0v) is 15.9. The first-order chi connectivity index (χ1) is 8.78. The van der Waals surface area contributed by atoms with Crippen LogP contribution in [0.2, 0.25) is 0 Å². The molecule has 2 unspecified atom stereocenters. The molecule has 0 aromatic heterocycles. The second-order valence-electron chi connectivity index (χ2n) is 9.93. The second-order valence-corrected chi connectivity index (χ2v) is 10.1. The van der Waals surface area contributed by atoms with Crippen LogP contribution in [0.4, 0.5) is 0 Å². The van der Waals surface area contributed by atoms with Crippen molar-refractivity contribution in [1.29, 1.82) is 0 Å². The Labute approximate surface area is 132 Å². The first-order valence-corrected chi connectivity index (χ1v) is 8.44. The van der Waals surface area contributed by atoms with Crippen molar-refractivity contribution in [1.82, 2.24) is 0 Å². The van der Waals surface area contributed by atoms with Gasteiger partial charge in [0.05, 0.1) is 0 Å². The summed E-state index contributed by atoms with van der Waals surface area (Å²) in [4.78, 5) is 0. The van der Waals surface area contributed by atoms with E-state index in [0.717, 1.165) is 5.92 Å². The molecule has 0 N–H and O–H groups in total. The molecule has 0 aliphatic heterocycles. The molecule has 0 bridgehead atoms. The number of hydrogen-bond acceptors (Lipinski definition) is 1. The van der Waals surface area contributed by atoms with Crippen LogP contribution < -0.4 is 0 Å². The summed E-state index contributed by atoms with van der Waals surface area (Å²) in [5.41, 5.74) is 2.34. The third kappa shape index (κ3) is 3.95. The van der Waals surface area contributed by atoms with Gasteiger partial charge in [0.25, 0.3) is 0 Å². The molecule has 116 valence electrons. The Kier molecular flexibility index (Phi) is 5.00. The van der Waals surface area contributed by atoms with Gasteiger partial charge in [-0.25, -0.2) is 0 Å². The summed E-state index contributed by atoms with van der Waals surface area (Å²) in [6, 6.07) is 0. The molecule has 1 aliphatic carbocycles. The van der Waals surface area contributed by atoms with Crippen LogP contribution in [0.1, 0.15) is 75.2 Å². The normalized spacial score (nSPS) is 29.2. The molecule has 0 amide bonds. The molecule has 0 aromatic rings. The number of hydrogen-bond donors (Lipinski definition) is 0. The zero-order chi connectivity index (χ0) is 15.9. The van der Waals surface area contributed by atoms with E-state index < -0.39 is 0 Å². The standard InChI is InChI=1S/C19H34S/c1-17(2,3)13-10-15(18(4,5)6)14(12-20)16(11-13)19(7,8)9/h13,15-16H,10-11H2,1-9H3. The average Bonchev–Trinajstić information content (AvgIpc) is 2.23. The van der Waals surface area contributed by atoms with Gasteiger partial charge in [0, 0.05) is 0 Å². The zero-order valence-electron chi connectivity index (χ0n) is 15.1. The molecule has 0 nitrogen and oxygen atoms in total. The lowest BCUT2D eigenvalue weighted by Gasteiger charge is -2.50. The topological polar surface area (TPSA) is 0 Å². The minimum absolute atomic E-state index is 0.272. The molecule has 1 fully saturated rings. The van der Waals surface area contributed by atoms with E-state index in [-0.39, 0.29) is 10.8 Å². The fraction of sp³-hybridized carbons (Fsp3) is 0.895. The monoisotopic (exact) mass is 294 g/mol. The van der Waals surface area contributed by atoms with E-state index in [0.29, 0.717) is 17.3 Å². The molecule has 0 heterocycles. The van der Waals surface area contributed by atoms with Crippen LogP contribution in [-0.4, -0.2) is 5.02 Å². The van der Waals surface area contributed by atoms with Crippen molar-refractivity contribution < 1.29 is 0 Å². The summed E-state index contributed by atoms with van der Waals surface area (Å²) in [7, 11) is 0. The second kappa shape index (κ2) is 5.58. The van der Waals surface area contributed by atoms with Crippen molar-refractivity contribution in [2.75, 3.05) is 0 Å². The predicted molar refractivity (Wildman–Crippen MR) is 94.2 cm³/mol. The van der Waals surface area contributed by atoms with Crippen molar-refractivity contribution in [3.63, 3.8) is 0 Å². The summed E-state index contributed by atoms with van der Waals surface area (Å²) in [6.07, 6.45) is 2.52. The van der Waals surface area contributed by atoms with Gasteiger partial charge in [-0.1, -0.05) is 62.3 Å². The first-order valence-electron chi connectivity index (χ1n) is 8.03. The first kappa shape index (κ1) is 17.9. The molecule has 0 saturated heterocycles. The minimum Gasteiger partial charge on any atom is -0.0599 e. The fourth-order valence-electron chi connectivity index (χ4n) is 3.65. The maximum atomic E-state index is 5.31. The largest absolute Gasteiger partial charge is 0.0599 e. The maximum Gasteiger partial charge on any atom is -0.00640 e. The summed E-state index contributed by atoms with van der Waals surface area (Å²) < 4.78 is 0. The van der Waals surface area contributed by atoms with Crippen molar-refractivity contribution in [2.24, 2.45) is 34.0 Å². The van der Waals surface area contributed by atoms with Crippen LogP contribution in [0.25, 0.3) is 0 Å². The molecular formula is C19H34S. The lowest BCUT2D eigenvalue weighted by Crippen LogP contribution is -2.42. The highest BCUT2D eigenvalue weighted by atomic mass is 32.1. The number of allylic oxidation sites excluding steroid dienone is 1. The Morgan fingerprint density at radius 1 is 0.750 bits per heavy atom. The van der Waals surface area contributed by atoms with E-state index in [1.165, 1.54) is 18.4 Å². The SMILES string of the molecule is CC(C)(C)C1CC(C(C)(C)C)C(=C=S)C(C(C)(C)C)C1. The molecule has 1 aliphatic rings. The van der Waals surface area contributed by atoms with Gasteiger partial charge in [-0.2, -0.15) is 0 Å². The summed E-state index contributed by atoms with van der Waals surface area (Å²) in [5, 5.41) is 3.19. The van der Waals surface area contributed by atoms with Gasteiger partial charge in [-0.05, 0) is 69.7 Å². The highest BCUT2D eigenvalue weighted by Gasteiger charge is 2.45. The molecule has 0 aromatic carbocycles. The molecular weight excluding hydrogens is 260 g/mol. The highest BCUT2D eigenvalue weighted by Crippen LogP contribution is 2.54. The van der Waals surface area contributed by atoms with Crippen LogP contribution >= 0.6 is 12.2 Å². The van der Waals surface area contributed by atoms with Crippen molar-refractivity contribution >= 4 is 17.2 Å². The van der Waals surface area contributed by atoms with Crippen molar-refractivity contribution in [2.45, 2.75) is 75.2 Å². The molecule has 1 rings (SSSR count). The number of rotatable bonds is 0. The summed E-state index contributed by atoms with van der Waals surface area (Å²) in [6.45, 7) is 21.3. The maximum absolute atomic E-state index is 5.31. The fourth-order valence-corrected chi connectivity index (χ4v) is 3.94. The average molecular weight is 295 g/mol. The third-order valence-corrected chi connectivity index (χ3v) is 5.46. The van der Waals surface area contributed by atoms with Crippen LogP contribution in [-0.2, 0) is 0 Å². The van der Waals surface area contributed by atoms with Gasteiger partial charge in [-0.15, -0.1) is 0 Å². The summed E-state index contributed by atoms with van der Waals surface area (Å²) in [5.74, 6) is 1.91. The Morgan fingerprint density at radius 3 is 1.30 bits per heavy atom. The third-order valence-electron chi connectivity index (χ3n) is 5.22. The Balaban J connectivity index is 3.28. The van der Waals surface area contributed by atoms with E-state index in [1.54, 1.807) is 0 Å². The molecule has 1 saturated carbocycles. The lowest BCUT2D eigenvalue weighted by molar-refractivity contribution is 0.0620. The van der Waals surface area contributed by atoms with E-state index in [2.05, 4.69) is 67.3 Å². The van der Waals surface area contributed by atoms with Gasteiger partial charge in [-0.3, -0.25) is 0 Å². The van der Waals surface area contributed by atoms with Crippen LogP contribution in [0.15, 0.2) is 5.57 Å². The van der Waals surface area contributed by atoms with Gasteiger partial charge in [0.2, 0.25) is 0 Å². The molecule has 0 spiro atoms. The molecule has 2 atom stereocenters. The van der Waals surface area contributed by atoms with Gasteiger partial charge < -0.3 is 0 Å². The molecule has 20 heavy (non-hydrogen) atoms. The van der Waals surface area contributed by atoms with E-state index in [4.69, 9.17) is 12.2 Å². The molecule has 1 heteroatoms. The van der Waals surface area contributed by atoms with Crippen LogP contribution in [0, 0.1) is 34.0 Å². The predicted octanol–water partition coefficient (Wildman–Crippen LogP) is 6.29. The van der Waals surface area contributed by atoms with Gasteiger partial charge in [0.15, 0.2) is 0 Å². The van der Waals surface area contributed by atoms with E-state index in [9.17, 15) is 0 Å². The number of thiocarbonyl (C=S) groups is 1. The Morgan fingerprint density at radius 2 is 1.10 bits per heavy atom. The quantitative estimate of drug-likeness (QED) is 0.473.